The van der Waals surface area contributed by atoms with E-state index in [1.54, 1.807) is 10.5 Å². The molecule has 6 nitrogen and oxygen atoms in total. The Morgan fingerprint density at radius 1 is 0.441 bits per heavy atom. The van der Waals surface area contributed by atoms with Crippen LogP contribution in [0.1, 0.15) is 55.4 Å². The summed E-state index contributed by atoms with van der Waals surface area (Å²) in [5.41, 5.74) is -0.0751. The van der Waals surface area contributed by atoms with Crippen molar-refractivity contribution < 1.29 is 19.4 Å². The molecule has 0 radical (unpaired) electrons. The van der Waals surface area contributed by atoms with Gasteiger partial charge in [-0.1, -0.05) is 36.4 Å². The molecule has 2 aliphatic rings. The third-order valence-corrected chi connectivity index (χ3v) is 8.16. The predicted molar refractivity (Wildman–Crippen MR) is 136 cm³/mol. The van der Waals surface area contributed by atoms with Crippen LogP contribution in [0.25, 0.3) is 32.3 Å². The molecule has 6 rings (SSSR count). The molecule has 4 aromatic rings. The van der Waals surface area contributed by atoms with E-state index in [1.807, 2.05) is 55.4 Å². The van der Waals surface area contributed by atoms with E-state index in [2.05, 4.69) is 48.5 Å². The van der Waals surface area contributed by atoms with Gasteiger partial charge in [0.2, 0.25) is 0 Å². The van der Waals surface area contributed by atoms with E-state index in [0.717, 1.165) is 32.9 Å². The van der Waals surface area contributed by atoms with E-state index in [-0.39, 0.29) is 0 Å². The average molecular weight is 461 g/mol. The second kappa shape index (κ2) is 6.52. The minimum absolute atomic E-state index is 0.464. The van der Waals surface area contributed by atoms with Gasteiger partial charge < -0.3 is 0 Å². The molecule has 0 spiro atoms. The number of benzene rings is 4. The van der Waals surface area contributed by atoms with Crippen LogP contribution in [0.3, 0.4) is 0 Å². The van der Waals surface area contributed by atoms with Crippen LogP contribution in [0.15, 0.2) is 48.5 Å². The van der Waals surface area contributed by atoms with Crippen molar-refractivity contribution in [1.29, 1.82) is 0 Å². The standard InChI is InChI=1S/C28H32N2O4/c1-25(2)26(3,4)32-29(31-25)21-15-11-17-10-14-20-22(30-33-27(5,6)28(7,8)34-30)16-12-18-9-13-19(21)23(17)24(18)20/h9-16H,1-8H3. The van der Waals surface area contributed by atoms with Crippen molar-refractivity contribution in [3.05, 3.63) is 48.5 Å². The van der Waals surface area contributed by atoms with Gasteiger partial charge in [0.05, 0.1) is 0 Å². The maximum absolute atomic E-state index is 6.25. The molecule has 2 saturated heterocycles. The molecule has 6 heteroatoms. The van der Waals surface area contributed by atoms with Gasteiger partial charge in [0.1, 0.15) is 33.8 Å². The van der Waals surface area contributed by atoms with E-state index in [0.29, 0.717) is 0 Å². The lowest BCUT2D eigenvalue weighted by atomic mass is 9.90. The summed E-state index contributed by atoms with van der Waals surface area (Å²) in [5.74, 6) is 0. The van der Waals surface area contributed by atoms with Crippen LogP contribution in [-0.2, 0) is 19.4 Å². The van der Waals surface area contributed by atoms with Crippen LogP contribution >= 0.6 is 0 Å². The maximum Gasteiger partial charge on any atom is 0.124 e. The molecule has 2 aliphatic heterocycles. The summed E-state index contributed by atoms with van der Waals surface area (Å²) in [6, 6.07) is 17.0. The number of hydrogen-bond acceptors (Lipinski definition) is 6. The highest BCUT2D eigenvalue weighted by Crippen LogP contribution is 2.47. The minimum atomic E-state index is -0.464. The predicted octanol–water partition coefficient (Wildman–Crippen LogP) is 7.06. The molecule has 0 atom stereocenters. The summed E-state index contributed by atoms with van der Waals surface area (Å²) in [5, 5.41) is 9.99. The minimum Gasteiger partial charge on any atom is -0.239 e. The van der Waals surface area contributed by atoms with Gasteiger partial charge in [-0.3, -0.25) is 0 Å². The number of hydrogen-bond donors (Lipinski definition) is 0. The molecule has 0 unspecified atom stereocenters. The second-order valence-corrected chi connectivity index (χ2v) is 11.5. The van der Waals surface area contributed by atoms with Crippen molar-refractivity contribution in [2.45, 2.75) is 77.8 Å². The molecular weight excluding hydrogens is 428 g/mol. The van der Waals surface area contributed by atoms with Gasteiger partial charge in [-0.15, -0.1) is 10.5 Å². The van der Waals surface area contributed by atoms with Crippen LogP contribution < -0.4 is 10.5 Å². The highest BCUT2D eigenvalue weighted by Gasteiger charge is 2.51. The van der Waals surface area contributed by atoms with Crippen molar-refractivity contribution in [3.63, 3.8) is 0 Å². The van der Waals surface area contributed by atoms with Gasteiger partial charge in [0.15, 0.2) is 0 Å². The van der Waals surface area contributed by atoms with Crippen LogP contribution in [-0.4, -0.2) is 22.4 Å². The third kappa shape index (κ3) is 2.83. The summed E-state index contributed by atoms with van der Waals surface area (Å²) in [4.78, 5) is 25.0. The van der Waals surface area contributed by atoms with Crippen LogP contribution in [0.5, 0.6) is 0 Å². The maximum atomic E-state index is 6.25. The van der Waals surface area contributed by atoms with Crippen LogP contribution in [0.2, 0.25) is 0 Å². The summed E-state index contributed by atoms with van der Waals surface area (Å²) in [6.45, 7) is 16.4. The Morgan fingerprint density at radius 2 is 0.735 bits per heavy atom. The molecule has 178 valence electrons. The van der Waals surface area contributed by atoms with Gasteiger partial charge in [-0.05, 0) is 89.1 Å². The number of anilines is 2. The first kappa shape index (κ1) is 21.9. The summed E-state index contributed by atoms with van der Waals surface area (Å²) in [7, 11) is 0. The lowest BCUT2D eigenvalue weighted by molar-refractivity contribution is -0.0271. The number of rotatable bonds is 2. The fraction of sp³-hybridized carbons (Fsp3) is 0.429. The molecule has 0 amide bonds. The molecule has 34 heavy (non-hydrogen) atoms. The Kier molecular flexibility index (Phi) is 4.19. The van der Waals surface area contributed by atoms with Gasteiger partial charge in [0.25, 0.3) is 0 Å². The highest BCUT2D eigenvalue weighted by molar-refractivity contribution is 6.27. The number of nitrogens with zero attached hydrogens (tertiary/aromatic N) is 2. The van der Waals surface area contributed by atoms with Crippen molar-refractivity contribution in [3.8, 4) is 0 Å². The van der Waals surface area contributed by atoms with Crippen molar-refractivity contribution in [2.75, 3.05) is 10.5 Å². The second-order valence-electron chi connectivity index (χ2n) is 11.5. The van der Waals surface area contributed by atoms with E-state index in [9.17, 15) is 0 Å². The SMILES string of the molecule is CC1(C)ON(c2ccc3ccc4c(N5OC(C)(C)C(C)(C)O5)ccc5ccc2c3c54)OC1(C)C. The first-order valence-electron chi connectivity index (χ1n) is 11.9. The molecule has 0 aliphatic carbocycles. The third-order valence-electron chi connectivity index (χ3n) is 8.16. The van der Waals surface area contributed by atoms with E-state index in [1.165, 1.54) is 10.8 Å². The monoisotopic (exact) mass is 460 g/mol. The molecule has 0 N–H and O–H groups in total. The molecule has 0 saturated carbocycles. The Labute approximate surface area is 200 Å². The molecule has 2 heterocycles. The highest BCUT2D eigenvalue weighted by atomic mass is 17.0. The van der Waals surface area contributed by atoms with Crippen molar-refractivity contribution in [1.82, 2.24) is 0 Å². The Morgan fingerprint density at radius 3 is 1.06 bits per heavy atom. The summed E-state index contributed by atoms with van der Waals surface area (Å²) >= 11 is 0. The van der Waals surface area contributed by atoms with Crippen molar-refractivity contribution in [2.24, 2.45) is 0 Å². The van der Waals surface area contributed by atoms with Gasteiger partial charge in [0, 0.05) is 10.8 Å². The summed E-state index contributed by atoms with van der Waals surface area (Å²) in [6.07, 6.45) is 0. The van der Waals surface area contributed by atoms with E-state index < -0.39 is 22.4 Å². The fourth-order valence-electron chi connectivity index (χ4n) is 4.59. The zero-order chi connectivity index (χ0) is 24.3. The Balaban J connectivity index is 1.56. The zero-order valence-electron chi connectivity index (χ0n) is 21.1. The van der Waals surface area contributed by atoms with Gasteiger partial charge >= 0.3 is 0 Å². The Hall–Kier alpha value is -2.64. The molecule has 0 bridgehead atoms. The summed E-state index contributed by atoms with van der Waals surface area (Å²) < 4.78 is 0. The molecule has 4 aromatic carbocycles. The first-order valence-corrected chi connectivity index (χ1v) is 11.9. The lowest BCUT2D eigenvalue weighted by Crippen LogP contribution is -2.41. The molecule has 2 fully saturated rings. The van der Waals surface area contributed by atoms with Crippen LogP contribution in [0.4, 0.5) is 11.4 Å². The largest absolute Gasteiger partial charge is 0.239 e. The molecular formula is C28H32N2O4. The average Bonchev–Trinajstić information content (AvgIpc) is 3.10. The normalized spacial score (nSPS) is 23.1. The Bertz CT molecular complexity index is 1300. The van der Waals surface area contributed by atoms with E-state index in [4.69, 9.17) is 19.4 Å². The molecule has 0 aromatic heterocycles. The van der Waals surface area contributed by atoms with Crippen molar-refractivity contribution >= 4 is 43.7 Å². The van der Waals surface area contributed by atoms with Gasteiger partial charge in [-0.2, -0.15) is 0 Å². The zero-order valence-corrected chi connectivity index (χ0v) is 21.1. The van der Waals surface area contributed by atoms with E-state index >= 15 is 0 Å². The smallest absolute Gasteiger partial charge is 0.124 e. The van der Waals surface area contributed by atoms with Gasteiger partial charge in [-0.25, -0.2) is 19.4 Å². The first-order chi connectivity index (χ1) is 15.8. The quantitative estimate of drug-likeness (QED) is 0.298. The van der Waals surface area contributed by atoms with Crippen LogP contribution in [0, 0.1) is 0 Å². The topological polar surface area (TPSA) is 43.4 Å². The lowest BCUT2D eigenvalue weighted by Gasteiger charge is -2.26. The fourth-order valence-corrected chi connectivity index (χ4v) is 4.59.